The fourth-order valence-electron chi connectivity index (χ4n) is 3.05. The van der Waals surface area contributed by atoms with Crippen LogP contribution in [0, 0.1) is 0 Å². The number of nitrogens with one attached hydrogen (secondary N) is 1. The molecule has 5 nitrogen and oxygen atoms in total. The quantitative estimate of drug-likeness (QED) is 0.894. The van der Waals surface area contributed by atoms with E-state index >= 15 is 0 Å². The average molecular weight is 349 g/mol. The first-order chi connectivity index (χ1) is 10.9. The number of pyridine rings is 1. The van der Waals surface area contributed by atoms with E-state index in [0.29, 0.717) is 32.0 Å². The van der Waals surface area contributed by atoms with E-state index < -0.39 is 11.7 Å². The van der Waals surface area contributed by atoms with Gasteiger partial charge in [-0.15, -0.1) is 0 Å². The molecule has 2 fully saturated rings. The van der Waals surface area contributed by atoms with Gasteiger partial charge in [0.25, 0.3) is 0 Å². The number of urea groups is 1. The van der Waals surface area contributed by atoms with Crippen molar-refractivity contribution in [3.63, 3.8) is 0 Å². The number of halogens is 4. The van der Waals surface area contributed by atoms with Crippen molar-refractivity contribution in [2.45, 2.75) is 25.1 Å². The van der Waals surface area contributed by atoms with Crippen LogP contribution < -0.4 is 10.2 Å². The van der Waals surface area contributed by atoms with E-state index in [-0.39, 0.29) is 17.1 Å². The standard InChI is InChI=1S/C14H16ClF3N4O/c15-11-6-9(14(16,17)18)7-20-12(11)21-4-1-2-10(8-21)22-5-3-19-13(22)23/h6-7,10H,1-5,8H2,(H,19,23)/t10-/m0/s1. The number of anilines is 1. The lowest BCUT2D eigenvalue weighted by Crippen LogP contribution is -2.49. The molecule has 0 radical (unpaired) electrons. The third-order valence-corrected chi connectivity index (χ3v) is 4.45. The fraction of sp³-hybridized carbons (Fsp3) is 0.571. The minimum atomic E-state index is -4.47. The molecule has 2 aliphatic heterocycles. The van der Waals surface area contributed by atoms with Crippen molar-refractivity contribution in [3.05, 3.63) is 22.8 Å². The minimum absolute atomic E-state index is 0.0198. The van der Waals surface area contributed by atoms with Gasteiger partial charge in [-0.2, -0.15) is 13.2 Å². The molecule has 9 heteroatoms. The van der Waals surface area contributed by atoms with E-state index in [2.05, 4.69) is 10.3 Å². The Hall–Kier alpha value is -1.70. The summed E-state index contributed by atoms with van der Waals surface area (Å²) in [6.45, 7) is 2.44. The number of carbonyl (C=O) groups excluding carboxylic acids is 1. The highest BCUT2D eigenvalue weighted by atomic mass is 35.5. The number of aromatic nitrogens is 1. The molecule has 0 unspecified atom stereocenters. The molecule has 0 saturated carbocycles. The Labute approximate surface area is 136 Å². The summed E-state index contributed by atoms with van der Waals surface area (Å²) in [5.74, 6) is 0.337. The van der Waals surface area contributed by atoms with E-state index in [0.717, 1.165) is 25.1 Å². The molecule has 23 heavy (non-hydrogen) atoms. The van der Waals surface area contributed by atoms with Crippen LogP contribution in [0.4, 0.5) is 23.8 Å². The predicted molar refractivity (Wildman–Crippen MR) is 79.6 cm³/mol. The van der Waals surface area contributed by atoms with Gasteiger partial charge in [-0.1, -0.05) is 11.6 Å². The van der Waals surface area contributed by atoms with Crippen LogP contribution in [0.5, 0.6) is 0 Å². The van der Waals surface area contributed by atoms with E-state index in [4.69, 9.17) is 11.6 Å². The molecule has 3 rings (SSSR count). The number of hydrogen-bond donors (Lipinski definition) is 1. The van der Waals surface area contributed by atoms with Gasteiger partial charge >= 0.3 is 12.2 Å². The lowest BCUT2D eigenvalue weighted by atomic mass is 10.0. The molecule has 0 aromatic carbocycles. The van der Waals surface area contributed by atoms with Crippen LogP contribution >= 0.6 is 11.6 Å². The Morgan fingerprint density at radius 1 is 1.35 bits per heavy atom. The van der Waals surface area contributed by atoms with Gasteiger partial charge in [0.2, 0.25) is 0 Å². The van der Waals surface area contributed by atoms with Crippen molar-refractivity contribution in [3.8, 4) is 0 Å². The minimum Gasteiger partial charge on any atom is -0.353 e. The Kier molecular flexibility index (Phi) is 4.27. The zero-order valence-corrected chi connectivity index (χ0v) is 13.0. The second kappa shape index (κ2) is 6.07. The third-order valence-electron chi connectivity index (χ3n) is 4.18. The summed E-state index contributed by atoms with van der Waals surface area (Å²) in [5, 5.41) is 2.74. The zero-order chi connectivity index (χ0) is 16.6. The lowest BCUT2D eigenvalue weighted by Gasteiger charge is -2.38. The van der Waals surface area contributed by atoms with Gasteiger partial charge in [-0.3, -0.25) is 0 Å². The van der Waals surface area contributed by atoms with E-state index in [1.807, 2.05) is 4.90 Å². The summed E-state index contributed by atoms with van der Waals surface area (Å²) < 4.78 is 38.1. The third kappa shape index (κ3) is 3.31. The van der Waals surface area contributed by atoms with E-state index in [1.165, 1.54) is 0 Å². The van der Waals surface area contributed by atoms with E-state index in [9.17, 15) is 18.0 Å². The van der Waals surface area contributed by atoms with Crippen LogP contribution in [-0.4, -0.2) is 48.1 Å². The number of hydrogen-bond acceptors (Lipinski definition) is 3. The second-order valence-corrected chi connectivity index (χ2v) is 6.10. The van der Waals surface area contributed by atoms with E-state index in [1.54, 1.807) is 4.90 Å². The van der Waals surface area contributed by atoms with Crippen molar-refractivity contribution in [1.82, 2.24) is 15.2 Å². The average Bonchev–Trinajstić information content (AvgIpc) is 2.92. The highest BCUT2D eigenvalue weighted by Gasteiger charge is 2.34. The fourth-order valence-corrected chi connectivity index (χ4v) is 3.34. The number of piperidine rings is 1. The van der Waals surface area contributed by atoms with Crippen molar-refractivity contribution in [2.24, 2.45) is 0 Å². The van der Waals surface area contributed by atoms with Crippen LogP contribution in [0.1, 0.15) is 18.4 Å². The first kappa shape index (κ1) is 16.2. The highest BCUT2D eigenvalue weighted by molar-refractivity contribution is 6.33. The van der Waals surface area contributed by atoms with Crippen molar-refractivity contribution in [2.75, 3.05) is 31.1 Å². The maximum atomic E-state index is 12.7. The second-order valence-electron chi connectivity index (χ2n) is 5.69. The van der Waals surface area contributed by atoms with Gasteiger partial charge in [0, 0.05) is 32.4 Å². The largest absolute Gasteiger partial charge is 0.417 e. The Morgan fingerprint density at radius 3 is 2.74 bits per heavy atom. The first-order valence-corrected chi connectivity index (χ1v) is 7.76. The molecule has 126 valence electrons. The Bertz CT molecular complexity index is 610. The van der Waals surface area contributed by atoms with Crippen LogP contribution in [-0.2, 0) is 6.18 Å². The molecule has 2 amide bonds. The molecule has 1 aromatic rings. The summed E-state index contributed by atoms with van der Waals surface area (Å²) in [6, 6.07) is 0.825. The summed E-state index contributed by atoms with van der Waals surface area (Å²) in [4.78, 5) is 19.3. The smallest absolute Gasteiger partial charge is 0.353 e. The SMILES string of the molecule is O=C1NCCN1[C@H]1CCCN(c2ncc(C(F)(F)F)cc2Cl)C1. The number of rotatable bonds is 2. The van der Waals surface area contributed by atoms with Gasteiger partial charge in [0.15, 0.2) is 0 Å². The summed E-state index contributed by atoms with van der Waals surface area (Å²) in [6.07, 6.45) is -1.98. The molecule has 0 bridgehead atoms. The van der Waals surface area contributed by atoms with Crippen molar-refractivity contribution in [1.29, 1.82) is 0 Å². The summed E-state index contributed by atoms with van der Waals surface area (Å²) >= 11 is 6.01. The lowest BCUT2D eigenvalue weighted by molar-refractivity contribution is -0.137. The van der Waals surface area contributed by atoms with Gasteiger partial charge in [0.1, 0.15) is 5.82 Å². The topological polar surface area (TPSA) is 48.5 Å². The molecule has 0 aliphatic carbocycles. The normalized spacial score (nSPS) is 22.4. The number of carbonyl (C=O) groups is 1. The maximum absolute atomic E-state index is 12.7. The van der Waals surface area contributed by atoms with Gasteiger partial charge in [-0.25, -0.2) is 9.78 Å². The maximum Gasteiger partial charge on any atom is 0.417 e. The molecular weight excluding hydrogens is 333 g/mol. The molecule has 2 saturated heterocycles. The predicted octanol–water partition coefficient (Wildman–Crippen LogP) is 2.75. The monoisotopic (exact) mass is 348 g/mol. The van der Waals surface area contributed by atoms with Crippen LogP contribution in [0.3, 0.4) is 0 Å². The highest BCUT2D eigenvalue weighted by Crippen LogP contribution is 2.34. The van der Waals surface area contributed by atoms with Gasteiger partial charge in [0.05, 0.1) is 16.6 Å². The number of amides is 2. The number of nitrogens with zero attached hydrogens (tertiary/aromatic N) is 3. The van der Waals surface area contributed by atoms with Gasteiger partial charge in [-0.05, 0) is 18.9 Å². The molecule has 2 aliphatic rings. The first-order valence-electron chi connectivity index (χ1n) is 7.38. The molecule has 1 aromatic heterocycles. The molecule has 1 N–H and O–H groups in total. The zero-order valence-electron chi connectivity index (χ0n) is 12.2. The molecule has 0 spiro atoms. The molecule has 3 heterocycles. The summed E-state index contributed by atoms with van der Waals surface area (Å²) in [5.41, 5.74) is -0.862. The van der Waals surface area contributed by atoms with Crippen molar-refractivity contribution < 1.29 is 18.0 Å². The Morgan fingerprint density at radius 2 is 2.13 bits per heavy atom. The number of alkyl halides is 3. The molecule has 1 atom stereocenters. The van der Waals surface area contributed by atoms with Crippen molar-refractivity contribution >= 4 is 23.4 Å². The summed E-state index contributed by atoms with van der Waals surface area (Å²) in [7, 11) is 0. The van der Waals surface area contributed by atoms with Crippen LogP contribution in [0.25, 0.3) is 0 Å². The van der Waals surface area contributed by atoms with Crippen LogP contribution in [0.15, 0.2) is 12.3 Å². The Balaban J connectivity index is 1.77. The van der Waals surface area contributed by atoms with Gasteiger partial charge < -0.3 is 15.1 Å². The molecular formula is C14H16ClF3N4O. The van der Waals surface area contributed by atoms with Crippen LogP contribution in [0.2, 0.25) is 5.02 Å².